The zero-order valence-electron chi connectivity index (χ0n) is 23.7. The molecular formula is C27H63NSi3. The van der Waals surface area contributed by atoms with E-state index in [1.807, 2.05) is 0 Å². The van der Waals surface area contributed by atoms with Gasteiger partial charge in [-0.2, -0.15) is 0 Å². The molecule has 0 saturated heterocycles. The van der Waals surface area contributed by atoms with Crippen molar-refractivity contribution in [3.8, 4) is 0 Å². The molecular weight excluding hydrogens is 423 g/mol. The Hall–Kier alpha value is 0.611. The average molecular weight is 486 g/mol. The van der Waals surface area contributed by atoms with E-state index in [1.165, 1.54) is 57.8 Å². The first-order valence-corrected chi connectivity index (χ1v) is 22.4. The lowest BCUT2D eigenvalue weighted by Gasteiger charge is -2.62. The van der Waals surface area contributed by atoms with E-state index in [0.29, 0.717) is 0 Å². The molecule has 4 heteroatoms. The van der Waals surface area contributed by atoms with Crippen LogP contribution in [0.4, 0.5) is 0 Å². The predicted molar refractivity (Wildman–Crippen MR) is 155 cm³/mol. The second-order valence-electron chi connectivity index (χ2n) is 10.8. The van der Waals surface area contributed by atoms with Gasteiger partial charge in [0, 0.05) is 0 Å². The summed E-state index contributed by atoms with van der Waals surface area (Å²) in [7, 11) is -4.39. The summed E-state index contributed by atoms with van der Waals surface area (Å²) in [5.41, 5.74) is 0. The highest BCUT2D eigenvalue weighted by Gasteiger charge is 2.56. The first-order valence-electron chi connectivity index (χ1n) is 14.7. The molecule has 0 amide bonds. The van der Waals surface area contributed by atoms with Gasteiger partial charge in [-0.05, 0) is 54.4 Å². The monoisotopic (exact) mass is 485 g/mol. The summed E-state index contributed by atoms with van der Waals surface area (Å²) in [6, 6.07) is 14.3. The van der Waals surface area contributed by atoms with Crippen molar-refractivity contribution >= 4 is 24.7 Å². The Balaban J connectivity index is 7.25. The number of hydrogen-bond acceptors (Lipinski definition) is 1. The minimum atomic E-state index is -1.46. The lowest BCUT2D eigenvalue weighted by Crippen LogP contribution is -2.76. The molecule has 0 unspecified atom stereocenters. The highest BCUT2D eigenvalue weighted by molar-refractivity contribution is 7.06. The van der Waals surface area contributed by atoms with Crippen LogP contribution in [0, 0.1) is 0 Å². The minimum absolute atomic E-state index is 1.42. The van der Waals surface area contributed by atoms with Crippen molar-refractivity contribution in [1.29, 1.82) is 0 Å². The van der Waals surface area contributed by atoms with Gasteiger partial charge in [0.15, 0.2) is 0 Å². The van der Waals surface area contributed by atoms with Gasteiger partial charge in [-0.25, -0.2) is 0 Å². The second-order valence-corrected chi connectivity index (χ2v) is 25.3. The van der Waals surface area contributed by atoms with Crippen LogP contribution in [0.3, 0.4) is 0 Å². The van der Waals surface area contributed by atoms with Gasteiger partial charge in [-0.3, -0.25) is 0 Å². The fourth-order valence-electron chi connectivity index (χ4n) is 7.83. The van der Waals surface area contributed by atoms with E-state index in [-0.39, 0.29) is 0 Å². The van der Waals surface area contributed by atoms with Crippen LogP contribution in [0.5, 0.6) is 0 Å². The molecule has 0 atom stereocenters. The maximum absolute atomic E-state index is 3.76. The van der Waals surface area contributed by atoms with Crippen molar-refractivity contribution in [2.75, 3.05) is 0 Å². The van der Waals surface area contributed by atoms with Gasteiger partial charge in [0.2, 0.25) is 0 Å². The maximum atomic E-state index is 3.76. The van der Waals surface area contributed by atoms with Crippen LogP contribution < -0.4 is 0 Å². The van der Waals surface area contributed by atoms with Crippen molar-refractivity contribution in [1.82, 2.24) is 3.90 Å². The van der Waals surface area contributed by atoms with Crippen molar-refractivity contribution in [3.05, 3.63) is 0 Å². The van der Waals surface area contributed by atoms with Crippen LogP contribution in [0.1, 0.15) is 120 Å². The predicted octanol–water partition coefficient (Wildman–Crippen LogP) is 10.8. The van der Waals surface area contributed by atoms with Crippen LogP contribution in [-0.2, 0) is 0 Å². The Kier molecular flexibility index (Phi) is 17.4. The van der Waals surface area contributed by atoms with E-state index >= 15 is 0 Å². The Morgan fingerprint density at radius 1 is 0.290 bits per heavy atom. The normalized spacial score (nSPS) is 13.4. The number of rotatable bonds is 21. The molecule has 0 bridgehead atoms. The van der Waals surface area contributed by atoms with Gasteiger partial charge in [-0.15, -0.1) is 0 Å². The molecule has 0 aromatic heterocycles. The van der Waals surface area contributed by atoms with Gasteiger partial charge in [-0.1, -0.05) is 120 Å². The summed E-state index contributed by atoms with van der Waals surface area (Å²) in [4.78, 5) is 0. The summed E-state index contributed by atoms with van der Waals surface area (Å²) in [5, 5.41) is 0. The largest absolute Gasteiger partial charge is 0.367 e. The van der Waals surface area contributed by atoms with Crippen molar-refractivity contribution in [3.63, 3.8) is 0 Å². The molecule has 0 fully saturated rings. The van der Waals surface area contributed by atoms with Crippen molar-refractivity contribution in [2.45, 2.75) is 174 Å². The van der Waals surface area contributed by atoms with Gasteiger partial charge in [0.25, 0.3) is 0 Å². The molecule has 0 aliphatic carbocycles. The van der Waals surface area contributed by atoms with Crippen LogP contribution in [0.15, 0.2) is 0 Å². The van der Waals surface area contributed by atoms with Crippen molar-refractivity contribution in [2.24, 2.45) is 0 Å². The fraction of sp³-hybridized carbons (Fsp3) is 1.00. The third-order valence-corrected chi connectivity index (χ3v) is 32.1. The quantitative estimate of drug-likeness (QED) is 0.146. The van der Waals surface area contributed by atoms with E-state index in [2.05, 4.69) is 66.2 Å². The van der Waals surface area contributed by atoms with E-state index in [9.17, 15) is 0 Å². The lowest BCUT2D eigenvalue weighted by atomic mass is 10.5. The van der Waals surface area contributed by atoms with E-state index in [0.717, 1.165) is 0 Å². The summed E-state index contributed by atoms with van der Waals surface area (Å²) in [5.74, 6) is 0. The summed E-state index contributed by atoms with van der Waals surface area (Å²) >= 11 is 0. The second kappa shape index (κ2) is 17.1. The third-order valence-electron chi connectivity index (χ3n) is 7.86. The van der Waals surface area contributed by atoms with Crippen LogP contribution in [0.2, 0.25) is 54.4 Å². The Morgan fingerprint density at radius 3 is 0.516 bits per heavy atom. The Labute approximate surface area is 202 Å². The summed E-state index contributed by atoms with van der Waals surface area (Å²) in [6.07, 6.45) is 12.8. The van der Waals surface area contributed by atoms with Crippen LogP contribution in [-0.4, -0.2) is 28.6 Å². The topological polar surface area (TPSA) is 3.24 Å². The lowest BCUT2D eigenvalue weighted by molar-refractivity contribution is 0.688. The standard InChI is InChI=1S/C27H63NSi3/c1-10-19-29(20-11-2,21-12-3)28(30(22-13-4,23-14-5)24-15-6)31(25-16-7,26-17-8)27-18-9/h10-27H2,1-9H3. The molecule has 0 aromatic rings. The minimum Gasteiger partial charge on any atom is -0.367 e. The zero-order valence-corrected chi connectivity index (χ0v) is 26.7. The molecule has 0 heterocycles. The van der Waals surface area contributed by atoms with Gasteiger partial charge in [0.05, 0.1) is 0 Å². The van der Waals surface area contributed by atoms with E-state index in [1.54, 1.807) is 54.4 Å². The Bertz CT molecular complexity index is 314. The maximum Gasteiger partial charge on any atom is 0.115 e. The molecule has 0 spiro atoms. The summed E-state index contributed by atoms with van der Waals surface area (Å²) in [6.45, 7) is 22.6. The molecule has 0 aliphatic rings. The molecule has 0 rings (SSSR count). The third kappa shape index (κ3) is 8.40. The number of nitrogens with zero attached hydrogens (tertiary/aromatic N) is 1. The first kappa shape index (κ1) is 31.6. The van der Waals surface area contributed by atoms with Crippen molar-refractivity contribution < 1.29 is 0 Å². The molecule has 188 valence electrons. The van der Waals surface area contributed by atoms with Gasteiger partial charge < -0.3 is 3.90 Å². The van der Waals surface area contributed by atoms with Crippen LogP contribution >= 0.6 is 0 Å². The molecule has 1 nitrogen and oxygen atoms in total. The molecule has 0 saturated carbocycles. The highest BCUT2D eigenvalue weighted by atomic mass is 28.5. The Morgan fingerprint density at radius 2 is 0.419 bits per heavy atom. The molecule has 0 aliphatic heterocycles. The zero-order chi connectivity index (χ0) is 23.8. The average Bonchev–Trinajstić information content (AvgIpc) is 2.70. The van der Waals surface area contributed by atoms with E-state index in [4.69, 9.17) is 0 Å². The van der Waals surface area contributed by atoms with Gasteiger partial charge in [0.1, 0.15) is 24.7 Å². The molecule has 31 heavy (non-hydrogen) atoms. The summed E-state index contributed by atoms with van der Waals surface area (Å²) < 4.78 is 3.76. The van der Waals surface area contributed by atoms with E-state index < -0.39 is 24.7 Å². The SMILES string of the molecule is CCC[Si](CCC)(CCC)N([Si](CCC)(CCC)CCC)[Si](CCC)(CCC)CCC. The smallest absolute Gasteiger partial charge is 0.115 e. The molecule has 0 aromatic carbocycles. The van der Waals surface area contributed by atoms with Gasteiger partial charge >= 0.3 is 0 Å². The molecule has 0 radical (unpaired) electrons. The molecule has 0 N–H and O–H groups in total. The van der Waals surface area contributed by atoms with Crippen LogP contribution in [0.25, 0.3) is 0 Å². The number of hydrogen-bond donors (Lipinski definition) is 0. The fourth-order valence-corrected chi connectivity index (χ4v) is 38.6. The highest BCUT2D eigenvalue weighted by Crippen LogP contribution is 2.47. The first-order chi connectivity index (χ1) is 14.9.